The average molecular weight is 696 g/mol. The molecule has 0 radical (unpaired) electrons. The predicted octanol–water partition coefficient (Wildman–Crippen LogP) is 7.62. The van der Waals surface area contributed by atoms with Gasteiger partial charge in [-0.2, -0.15) is 4.98 Å². The molecule has 0 amide bonds. The SMILES string of the molecule is CC(C)Oc1ccc(-c2noc(-c3ccc(N)cc3)n2)cc1Cl.CC(C)Oc1ccc(/C(N)=N/O)cc1Cl.Nc1ccc(C(=O)O)cc1. The summed E-state index contributed by atoms with van der Waals surface area (Å²) in [6.07, 6.45) is 0.109. The number of nitrogens with two attached hydrogens (primary N) is 3. The highest BCUT2D eigenvalue weighted by molar-refractivity contribution is 6.32. The van der Waals surface area contributed by atoms with E-state index in [9.17, 15) is 4.79 Å². The molecule has 1 aromatic heterocycles. The molecule has 0 saturated heterocycles. The van der Waals surface area contributed by atoms with Crippen LogP contribution in [0, 0.1) is 0 Å². The van der Waals surface area contributed by atoms with Gasteiger partial charge in [0.25, 0.3) is 5.89 Å². The van der Waals surface area contributed by atoms with Crippen LogP contribution in [0.4, 0.5) is 11.4 Å². The van der Waals surface area contributed by atoms with Gasteiger partial charge in [-0.05, 0) is 113 Å². The molecule has 0 aliphatic carbocycles. The van der Waals surface area contributed by atoms with Gasteiger partial charge in [0.05, 0.1) is 27.8 Å². The Labute approximate surface area is 287 Å². The molecule has 5 rings (SSSR count). The Kier molecular flexibility index (Phi) is 13.5. The van der Waals surface area contributed by atoms with Crippen LogP contribution in [0.3, 0.4) is 0 Å². The molecule has 12 nitrogen and oxygen atoms in total. The summed E-state index contributed by atoms with van der Waals surface area (Å²) < 4.78 is 16.4. The number of benzene rings is 4. The number of carboxylic acid groups (broad SMARTS) is 1. The standard InChI is InChI=1S/C17H16ClN3O2.C10H13ClN2O2.C7H7NO2/c1-10(2)22-15-8-5-12(9-14(15)18)16-20-17(23-21-16)11-3-6-13(19)7-4-11;1-6(2)15-9-4-3-7(5-8(9)11)10(12)13-14;8-6-3-1-5(2-4-6)7(9)10/h3-10H,19H2,1-2H3;3-6,14H,1-2H3,(H2,12,13);1-4H,8H2,(H,9,10). The Morgan fingerprint density at radius 1 is 0.771 bits per heavy atom. The van der Waals surface area contributed by atoms with Crippen molar-refractivity contribution < 1.29 is 29.1 Å². The summed E-state index contributed by atoms with van der Waals surface area (Å²) in [6.45, 7) is 7.71. The molecule has 0 aliphatic rings. The van der Waals surface area contributed by atoms with E-state index in [-0.39, 0.29) is 23.6 Å². The zero-order chi connectivity index (χ0) is 35.4. The Morgan fingerprint density at radius 2 is 1.25 bits per heavy atom. The first kappa shape index (κ1) is 37.0. The second-order valence-electron chi connectivity index (χ2n) is 10.6. The van der Waals surface area contributed by atoms with Crippen molar-refractivity contribution in [3.63, 3.8) is 0 Å². The van der Waals surface area contributed by atoms with E-state index in [1.807, 2.05) is 45.9 Å². The molecule has 0 atom stereocenters. The highest BCUT2D eigenvalue weighted by Gasteiger charge is 2.13. The van der Waals surface area contributed by atoms with E-state index in [2.05, 4.69) is 15.3 Å². The number of halogens is 2. The van der Waals surface area contributed by atoms with Crippen LogP contribution < -0.4 is 26.7 Å². The molecule has 14 heteroatoms. The number of nitrogen functional groups attached to an aromatic ring is 2. The van der Waals surface area contributed by atoms with Gasteiger partial charge in [-0.3, -0.25) is 0 Å². The summed E-state index contributed by atoms with van der Waals surface area (Å²) in [5.74, 6) is 1.20. The van der Waals surface area contributed by atoms with Gasteiger partial charge in [-0.15, -0.1) is 0 Å². The number of hydrogen-bond acceptors (Lipinski definition) is 10. The first-order chi connectivity index (χ1) is 22.8. The van der Waals surface area contributed by atoms with Crippen molar-refractivity contribution in [1.82, 2.24) is 10.1 Å². The van der Waals surface area contributed by atoms with E-state index in [4.69, 9.17) is 64.7 Å². The molecule has 0 fully saturated rings. The molecule has 48 heavy (non-hydrogen) atoms. The van der Waals surface area contributed by atoms with Gasteiger partial charge in [0.2, 0.25) is 5.82 Å². The third-order valence-corrected chi connectivity index (χ3v) is 6.58. The molecule has 0 unspecified atom stereocenters. The van der Waals surface area contributed by atoms with Gasteiger partial charge >= 0.3 is 5.97 Å². The molecular formula is C34H36Cl2N6O6. The Hall–Kier alpha value is -5.46. The highest BCUT2D eigenvalue weighted by atomic mass is 35.5. The van der Waals surface area contributed by atoms with Crippen LogP contribution in [0.1, 0.15) is 43.6 Å². The molecule has 5 aromatic rings. The number of aromatic nitrogens is 2. The van der Waals surface area contributed by atoms with Crippen molar-refractivity contribution in [2.75, 3.05) is 11.5 Å². The van der Waals surface area contributed by atoms with Crippen molar-refractivity contribution >= 4 is 46.4 Å². The van der Waals surface area contributed by atoms with Crippen LogP contribution in [-0.4, -0.2) is 44.5 Å². The summed E-state index contributed by atoms with van der Waals surface area (Å²) in [5.41, 5.74) is 20.1. The van der Waals surface area contributed by atoms with Crippen LogP contribution in [0.5, 0.6) is 11.5 Å². The molecule has 0 aliphatic heterocycles. The number of nitrogens with zero attached hydrogens (tertiary/aromatic N) is 3. The van der Waals surface area contributed by atoms with Crippen LogP contribution in [0.25, 0.3) is 22.8 Å². The van der Waals surface area contributed by atoms with E-state index in [0.717, 1.165) is 11.1 Å². The van der Waals surface area contributed by atoms with E-state index < -0.39 is 5.97 Å². The zero-order valence-electron chi connectivity index (χ0n) is 26.6. The number of hydrogen-bond donors (Lipinski definition) is 5. The number of ether oxygens (including phenoxy) is 2. The molecule has 8 N–H and O–H groups in total. The van der Waals surface area contributed by atoms with Gasteiger partial charge in [-0.25, -0.2) is 4.79 Å². The lowest BCUT2D eigenvalue weighted by Crippen LogP contribution is -2.13. The number of aromatic carboxylic acids is 1. The minimum absolute atomic E-state index is 0.0213. The predicted molar refractivity (Wildman–Crippen MR) is 188 cm³/mol. The molecule has 0 saturated carbocycles. The third kappa shape index (κ3) is 11.1. The van der Waals surface area contributed by atoms with Gasteiger partial charge in [-0.1, -0.05) is 33.5 Å². The zero-order valence-corrected chi connectivity index (χ0v) is 28.1. The smallest absolute Gasteiger partial charge is 0.335 e. The number of anilines is 2. The van der Waals surface area contributed by atoms with Crippen molar-refractivity contribution in [1.29, 1.82) is 0 Å². The number of amidine groups is 1. The first-order valence-electron chi connectivity index (χ1n) is 14.5. The highest BCUT2D eigenvalue weighted by Crippen LogP contribution is 2.31. The largest absolute Gasteiger partial charge is 0.489 e. The van der Waals surface area contributed by atoms with Crippen molar-refractivity contribution in [2.45, 2.75) is 39.9 Å². The van der Waals surface area contributed by atoms with Crippen LogP contribution >= 0.6 is 23.2 Å². The van der Waals surface area contributed by atoms with E-state index in [0.29, 0.717) is 50.2 Å². The summed E-state index contributed by atoms with van der Waals surface area (Å²) in [6, 6.07) is 23.7. The van der Waals surface area contributed by atoms with Crippen molar-refractivity contribution in [3.05, 3.63) is 106 Å². The monoisotopic (exact) mass is 694 g/mol. The van der Waals surface area contributed by atoms with Crippen molar-refractivity contribution in [2.24, 2.45) is 10.9 Å². The molecule has 4 aromatic carbocycles. The second kappa shape index (κ2) is 17.5. The number of carbonyl (C=O) groups is 1. The number of carboxylic acids is 1. The van der Waals surface area contributed by atoms with Crippen LogP contribution in [0.15, 0.2) is 94.6 Å². The Bertz CT molecular complexity index is 1830. The fourth-order valence-corrected chi connectivity index (χ4v) is 4.22. The van der Waals surface area contributed by atoms with Crippen LogP contribution in [-0.2, 0) is 0 Å². The molecule has 0 bridgehead atoms. The van der Waals surface area contributed by atoms with E-state index in [1.54, 1.807) is 54.6 Å². The van der Waals surface area contributed by atoms with Gasteiger partial charge in [0, 0.05) is 28.1 Å². The summed E-state index contributed by atoms with van der Waals surface area (Å²) in [4.78, 5) is 14.7. The molecule has 1 heterocycles. The summed E-state index contributed by atoms with van der Waals surface area (Å²) >= 11 is 12.2. The lowest BCUT2D eigenvalue weighted by atomic mass is 10.2. The Balaban J connectivity index is 0.000000215. The minimum atomic E-state index is -0.931. The normalized spacial score (nSPS) is 10.9. The summed E-state index contributed by atoms with van der Waals surface area (Å²) in [5, 5.41) is 24.7. The lowest BCUT2D eigenvalue weighted by molar-refractivity contribution is 0.0697. The van der Waals surface area contributed by atoms with Crippen LogP contribution in [0.2, 0.25) is 10.0 Å². The second-order valence-corrected chi connectivity index (χ2v) is 11.4. The maximum atomic E-state index is 10.3. The fourth-order valence-electron chi connectivity index (χ4n) is 3.77. The van der Waals surface area contributed by atoms with Gasteiger partial charge < -0.3 is 41.5 Å². The summed E-state index contributed by atoms with van der Waals surface area (Å²) in [7, 11) is 0. The maximum Gasteiger partial charge on any atom is 0.335 e. The topological polar surface area (TPSA) is 205 Å². The Morgan fingerprint density at radius 3 is 1.73 bits per heavy atom. The molecular weight excluding hydrogens is 659 g/mol. The molecule has 252 valence electrons. The van der Waals surface area contributed by atoms with E-state index in [1.165, 1.54) is 12.1 Å². The van der Waals surface area contributed by atoms with E-state index >= 15 is 0 Å². The molecule has 0 spiro atoms. The lowest BCUT2D eigenvalue weighted by Gasteiger charge is -2.11. The number of rotatable bonds is 8. The average Bonchev–Trinajstić information content (AvgIpc) is 3.54. The minimum Gasteiger partial charge on any atom is -0.489 e. The van der Waals surface area contributed by atoms with Crippen molar-refractivity contribution in [3.8, 4) is 34.3 Å². The van der Waals surface area contributed by atoms with Gasteiger partial charge in [0.1, 0.15) is 11.5 Å². The fraction of sp³-hybridized carbons (Fsp3) is 0.176. The quantitative estimate of drug-likeness (QED) is 0.0351. The third-order valence-electron chi connectivity index (χ3n) is 5.99. The number of oxime groups is 1. The maximum absolute atomic E-state index is 10.3. The van der Waals surface area contributed by atoms with Gasteiger partial charge in [0.15, 0.2) is 5.84 Å². The first-order valence-corrected chi connectivity index (χ1v) is 15.2.